The molecule has 1 aliphatic rings. The summed E-state index contributed by atoms with van der Waals surface area (Å²) >= 11 is 6.01. The number of hydrogen-bond donors (Lipinski definition) is 1. The molecule has 2 aromatic rings. The molecular weight excluding hydrogens is 272 g/mol. The quantitative estimate of drug-likeness (QED) is 0.922. The van der Waals surface area contributed by atoms with Crippen molar-refractivity contribution >= 4 is 17.4 Å². The van der Waals surface area contributed by atoms with Gasteiger partial charge >= 0.3 is 0 Å². The monoisotopic (exact) mass is 288 g/mol. The average Bonchev–Trinajstić information content (AvgIpc) is 2.70. The topological polar surface area (TPSA) is 36.4 Å². The van der Waals surface area contributed by atoms with Crippen LogP contribution in [0.1, 0.15) is 23.1 Å². The molecule has 0 unspecified atom stereocenters. The molecule has 1 aliphatic heterocycles. The maximum absolute atomic E-state index is 9.32. The third-order valence-corrected chi connectivity index (χ3v) is 4.11. The molecule has 4 heteroatoms. The Morgan fingerprint density at radius 3 is 2.85 bits per heavy atom. The van der Waals surface area contributed by atoms with Gasteiger partial charge in [-0.2, -0.15) is 0 Å². The highest BCUT2D eigenvalue weighted by molar-refractivity contribution is 6.31. The lowest BCUT2D eigenvalue weighted by Gasteiger charge is -2.22. The fourth-order valence-corrected chi connectivity index (χ4v) is 2.82. The Hall–Kier alpha value is -1.58. The highest BCUT2D eigenvalue weighted by atomic mass is 35.5. The largest absolute Gasteiger partial charge is 0.392 e. The lowest BCUT2D eigenvalue weighted by atomic mass is 10.0. The molecule has 0 amide bonds. The normalized spacial score (nSPS) is 14.8. The maximum Gasteiger partial charge on any atom is 0.129 e. The molecule has 0 spiro atoms. The molecule has 20 heavy (non-hydrogen) atoms. The van der Waals surface area contributed by atoms with Gasteiger partial charge in [-0.3, -0.25) is 0 Å². The second-order valence-corrected chi connectivity index (χ2v) is 5.49. The molecule has 1 aromatic heterocycles. The number of fused-ring (bicyclic) bond motifs is 1. The standard InChI is InChI=1S/C16H17ClN2O/c17-15-9-18-16(8-14(15)11-20)19-7-3-6-12-4-1-2-5-13(12)10-19/h1-2,4-5,8-9,20H,3,6-7,10-11H2. The molecule has 1 N–H and O–H groups in total. The number of nitrogens with zero attached hydrogens (tertiary/aromatic N) is 2. The second-order valence-electron chi connectivity index (χ2n) is 5.09. The van der Waals surface area contributed by atoms with E-state index in [0.717, 1.165) is 37.3 Å². The maximum atomic E-state index is 9.32. The summed E-state index contributed by atoms with van der Waals surface area (Å²) in [5, 5.41) is 9.84. The van der Waals surface area contributed by atoms with E-state index in [1.165, 1.54) is 11.1 Å². The molecule has 3 nitrogen and oxygen atoms in total. The van der Waals surface area contributed by atoms with Crippen LogP contribution in [-0.4, -0.2) is 16.6 Å². The average molecular weight is 289 g/mol. The number of halogens is 1. The predicted molar refractivity (Wildman–Crippen MR) is 81.0 cm³/mol. The lowest BCUT2D eigenvalue weighted by molar-refractivity contribution is 0.282. The van der Waals surface area contributed by atoms with Gasteiger partial charge in [-0.1, -0.05) is 35.9 Å². The van der Waals surface area contributed by atoms with Crippen LogP contribution in [0.4, 0.5) is 5.82 Å². The van der Waals surface area contributed by atoms with Crippen molar-refractivity contribution in [3.63, 3.8) is 0 Å². The molecule has 2 heterocycles. The minimum Gasteiger partial charge on any atom is -0.392 e. The van der Waals surface area contributed by atoms with Gasteiger partial charge < -0.3 is 10.0 Å². The zero-order valence-electron chi connectivity index (χ0n) is 11.2. The number of hydrogen-bond acceptors (Lipinski definition) is 3. The van der Waals surface area contributed by atoms with Crippen LogP contribution in [-0.2, 0) is 19.6 Å². The Bertz CT molecular complexity index is 615. The minimum atomic E-state index is -0.0568. The predicted octanol–water partition coefficient (Wildman–Crippen LogP) is 3.18. The summed E-state index contributed by atoms with van der Waals surface area (Å²) in [7, 11) is 0. The van der Waals surface area contributed by atoms with E-state index >= 15 is 0 Å². The van der Waals surface area contributed by atoms with Gasteiger partial charge in [0.15, 0.2) is 0 Å². The first-order chi connectivity index (χ1) is 9.78. The summed E-state index contributed by atoms with van der Waals surface area (Å²) < 4.78 is 0. The zero-order chi connectivity index (χ0) is 13.9. The van der Waals surface area contributed by atoms with E-state index in [9.17, 15) is 5.11 Å². The Kier molecular flexibility index (Phi) is 3.90. The number of aromatic nitrogens is 1. The molecule has 0 saturated heterocycles. The van der Waals surface area contributed by atoms with Gasteiger partial charge in [0.25, 0.3) is 0 Å². The van der Waals surface area contributed by atoms with Crippen molar-refractivity contribution in [2.45, 2.75) is 26.0 Å². The SMILES string of the molecule is OCc1cc(N2CCCc3ccccc3C2)ncc1Cl. The zero-order valence-corrected chi connectivity index (χ0v) is 12.0. The Morgan fingerprint density at radius 2 is 2.05 bits per heavy atom. The third-order valence-electron chi connectivity index (χ3n) is 3.77. The summed E-state index contributed by atoms with van der Waals surface area (Å²) in [5.41, 5.74) is 3.51. The summed E-state index contributed by atoms with van der Waals surface area (Å²) in [6.07, 6.45) is 3.84. The van der Waals surface area contributed by atoms with Crippen molar-refractivity contribution in [2.24, 2.45) is 0 Å². The number of aliphatic hydroxyl groups excluding tert-OH is 1. The molecule has 0 saturated carbocycles. The van der Waals surface area contributed by atoms with Crippen molar-refractivity contribution in [1.82, 2.24) is 4.98 Å². The van der Waals surface area contributed by atoms with Gasteiger partial charge in [0.05, 0.1) is 11.6 Å². The van der Waals surface area contributed by atoms with Crippen molar-refractivity contribution in [1.29, 1.82) is 0 Å². The van der Waals surface area contributed by atoms with E-state index in [4.69, 9.17) is 11.6 Å². The number of rotatable bonds is 2. The van der Waals surface area contributed by atoms with Gasteiger partial charge in [0.2, 0.25) is 0 Å². The van der Waals surface area contributed by atoms with Gasteiger partial charge in [-0.05, 0) is 30.0 Å². The molecule has 1 aromatic carbocycles. The highest BCUT2D eigenvalue weighted by Crippen LogP contribution is 2.25. The van der Waals surface area contributed by atoms with Crippen LogP contribution in [0.25, 0.3) is 0 Å². The fourth-order valence-electron chi connectivity index (χ4n) is 2.66. The van der Waals surface area contributed by atoms with Crippen molar-refractivity contribution in [2.75, 3.05) is 11.4 Å². The smallest absolute Gasteiger partial charge is 0.129 e. The lowest BCUT2D eigenvalue weighted by Crippen LogP contribution is -2.23. The van der Waals surface area contributed by atoms with Crippen molar-refractivity contribution in [3.05, 3.63) is 58.2 Å². The van der Waals surface area contributed by atoms with Crippen LogP contribution in [0, 0.1) is 0 Å². The van der Waals surface area contributed by atoms with Crippen LogP contribution >= 0.6 is 11.6 Å². The number of anilines is 1. The number of aliphatic hydroxyl groups is 1. The van der Waals surface area contributed by atoms with Crippen molar-refractivity contribution in [3.8, 4) is 0 Å². The van der Waals surface area contributed by atoms with Gasteiger partial charge in [-0.25, -0.2) is 4.98 Å². The number of benzene rings is 1. The third kappa shape index (κ3) is 2.65. The number of aryl methyl sites for hydroxylation is 1. The Balaban J connectivity index is 1.91. The van der Waals surface area contributed by atoms with Crippen LogP contribution in [0.2, 0.25) is 5.02 Å². The Labute approximate surface area is 123 Å². The Morgan fingerprint density at radius 1 is 1.25 bits per heavy atom. The molecule has 0 radical (unpaired) electrons. The molecule has 104 valence electrons. The van der Waals surface area contributed by atoms with E-state index in [-0.39, 0.29) is 6.61 Å². The first-order valence-electron chi connectivity index (χ1n) is 6.85. The summed E-state index contributed by atoms with van der Waals surface area (Å²) in [5.74, 6) is 0.884. The van der Waals surface area contributed by atoms with Crippen LogP contribution in [0.5, 0.6) is 0 Å². The second kappa shape index (κ2) is 5.81. The van der Waals surface area contributed by atoms with E-state index in [1.807, 2.05) is 6.07 Å². The minimum absolute atomic E-state index is 0.0568. The van der Waals surface area contributed by atoms with Crippen LogP contribution < -0.4 is 4.90 Å². The molecule has 0 bridgehead atoms. The first-order valence-corrected chi connectivity index (χ1v) is 7.23. The van der Waals surface area contributed by atoms with Gasteiger partial charge in [0, 0.05) is 24.8 Å². The number of pyridine rings is 1. The van der Waals surface area contributed by atoms with E-state index < -0.39 is 0 Å². The summed E-state index contributed by atoms with van der Waals surface area (Å²) in [4.78, 5) is 6.66. The fraction of sp³-hybridized carbons (Fsp3) is 0.312. The van der Waals surface area contributed by atoms with Gasteiger partial charge in [-0.15, -0.1) is 0 Å². The van der Waals surface area contributed by atoms with Crippen LogP contribution in [0.15, 0.2) is 36.5 Å². The van der Waals surface area contributed by atoms with Gasteiger partial charge in [0.1, 0.15) is 5.82 Å². The molecule has 0 fully saturated rings. The van der Waals surface area contributed by atoms with Crippen molar-refractivity contribution < 1.29 is 5.11 Å². The molecule has 0 aliphatic carbocycles. The molecular formula is C16H17ClN2O. The molecule has 3 rings (SSSR count). The van der Waals surface area contributed by atoms with E-state index in [1.54, 1.807) is 6.20 Å². The summed E-state index contributed by atoms with van der Waals surface area (Å²) in [6, 6.07) is 10.4. The van der Waals surface area contributed by atoms with Crippen LogP contribution in [0.3, 0.4) is 0 Å². The summed E-state index contributed by atoms with van der Waals surface area (Å²) in [6.45, 7) is 1.77. The van der Waals surface area contributed by atoms with E-state index in [0.29, 0.717) is 5.02 Å². The molecule has 0 atom stereocenters. The first kappa shape index (κ1) is 13.4. The highest BCUT2D eigenvalue weighted by Gasteiger charge is 2.16. The van der Waals surface area contributed by atoms with E-state index in [2.05, 4.69) is 34.1 Å².